The molecule has 0 amide bonds. The van der Waals surface area contributed by atoms with Crippen LogP contribution < -0.4 is 11.1 Å². The highest BCUT2D eigenvalue weighted by atomic mass is 79.9. The molecule has 0 unspecified atom stereocenters. The number of aromatic nitrogens is 2. The number of anilines is 3. The summed E-state index contributed by atoms with van der Waals surface area (Å²) in [7, 11) is 0. The summed E-state index contributed by atoms with van der Waals surface area (Å²) in [6, 6.07) is 5.99. The molecule has 0 saturated carbocycles. The van der Waals surface area contributed by atoms with Crippen molar-refractivity contribution in [1.29, 1.82) is 0 Å². The van der Waals surface area contributed by atoms with Crippen LogP contribution >= 0.6 is 15.9 Å². The molecule has 1 aromatic carbocycles. The van der Waals surface area contributed by atoms with Crippen LogP contribution in [0.3, 0.4) is 0 Å². The summed E-state index contributed by atoms with van der Waals surface area (Å²) >= 11 is 3.51. The lowest BCUT2D eigenvalue weighted by atomic mass is 10.2. The molecule has 5 heteroatoms. The Morgan fingerprint density at radius 3 is 2.56 bits per heavy atom. The second kappa shape index (κ2) is 4.94. The summed E-state index contributed by atoms with van der Waals surface area (Å²) in [4.78, 5) is 8.51. The SMILES string of the molecule is Cc1nc(N)c(C)c(Nc2cccc(Br)c2C)n1. The Morgan fingerprint density at radius 2 is 1.83 bits per heavy atom. The van der Waals surface area contributed by atoms with Crippen molar-refractivity contribution in [1.82, 2.24) is 9.97 Å². The molecule has 18 heavy (non-hydrogen) atoms. The Kier molecular flexibility index (Phi) is 3.52. The van der Waals surface area contributed by atoms with Gasteiger partial charge < -0.3 is 11.1 Å². The molecule has 0 bridgehead atoms. The smallest absolute Gasteiger partial charge is 0.139 e. The molecule has 0 aliphatic heterocycles. The Hall–Kier alpha value is -1.62. The Labute approximate surface area is 115 Å². The van der Waals surface area contributed by atoms with E-state index in [-0.39, 0.29) is 0 Å². The monoisotopic (exact) mass is 306 g/mol. The number of benzene rings is 1. The molecule has 0 aliphatic carbocycles. The van der Waals surface area contributed by atoms with Crippen molar-refractivity contribution in [3.05, 3.63) is 39.6 Å². The minimum Gasteiger partial charge on any atom is -0.383 e. The number of hydrogen-bond acceptors (Lipinski definition) is 4. The molecular weight excluding hydrogens is 292 g/mol. The van der Waals surface area contributed by atoms with Crippen molar-refractivity contribution in [2.45, 2.75) is 20.8 Å². The number of hydrogen-bond donors (Lipinski definition) is 2. The summed E-state index contributed by atoms with van der Waals surface area (Å²) in [5, 5.41) is 3.30. The van der Waals surface area contributed by atoms with Gasteiger partial charge in [0, 0.05) is 15.7 Å². The number of nitrogens with one attached hydrogen (secondary N) is 1. The molecule has 0 aliphatic rings. The molecule has 0 saturated heterocycles. The largest absolute Gasteiger partial charge is 0.383 e. The third-order valence-corrected chi connectivity index (χ3v) is 3.68. The van der Waals surface area contributed by atoms with Gasteiger partial charge in [-0.2, -0.15) is 0 Å². The van der Waals surface area contributed by atoms with Gasteiger partial charge in [-0.25, -0.2) is 9.97 Å². The lowest BCUT2D eigenvalue weighted by Crippen LogP contribution is -2.05. The highest BCUT2D eigenvalue weighted by Gasteiger charge is 2.08. The zero-order valence-electron chi connectivity index (χ0n) is 10.6. The highest BCUT2D eigenvalue weighted by Crippen LogP contribution is 2.28. The first-order valence-corrected chi connectivity index (χ1v) is 6.41. The summed E-state index contributed by atoms with van der Waals surface area (Å²) in [5.41, 5.74) is 8.84. The second-order valence-electron chi connectivity index (χ2n) is 4.17. The van der Waals surface area contributed by atoms with Crippen molar-refractivity contribution >= 4 is 33.3 Å². The van der Waals surface area contributed by atoms with Crippen LogP contribution in [0, 0.1) is 20.8 Å². The lowest BCUT2D eigenvalue weighted by molar-refractivity contribution is 1.04. The fourth-order valence-electron chi connectivity index (χ4n) is 1.64. The van der Waals surface area contributed by atoms with Gasteiger partial charge in [0.05, 0.1) is 0 Å². The first-order valence-electron chi connectivity index (χ1n) is 5.62. The van der Waals surface area contributed by atoms with Crippen LogP contribution in [0.5, 0.6) is 0 Å². The maximum absolute atomic E-state index is 5.84. The van der Waals surface area contributed by atoms with E-state index in [9.17, 15) is 0 Å². The molecule has 0 atom stereocenters. The highest BCUT2D eigenvalue weighted by molar-refractivity contribution is 9.10. The van der Waals surface area contributed by atoms with Crippen LogP contribution in [0.15, 0.2) is 22.7 Å². The number of nitrogens with zero attached hydrogens (tertiary/aromatic N) is 2. The molecule has 0 spiro atoms. The maximum atomic E-state index is 5.84. The van der Waals surface area contributed by atoms with Crippen LogP contribution in [0.2, 0.25) is 0 Å². The fourth-order valence-corrected chi connectivity index (χ4v) is 2.01. The van der Waals surface area contributed by atoms with E-state index in [1.54, 1.807) is 0 Å². The van der Waals surface area contributed by atoms with E-state index in [0.29, 0.717) is 11.6 Å². The van der Waals surface area contributed by atoms with E-state index in [1.807, 2.05) is 39.0 Å². The van der Waals surface area contributed by atoms with Gasteiger partial charge in [0.2, 0.25) is 0 Å². The minimum atomic E-state index is 0.512. The summed E-state index contributed by atoms with van der Waals surface area (Å²) in [6.45, 7) is 5.78. The van der Waals surface area contributed by atoms with Crippen LogP contribution in [0.1, 0.15) is 17.0 Å². The standard InChI is InChI=1S/C13H15BrN4/c1-7-10(14)5-4-6-11(7)18-13-8(2)12(15)16-9(3)17-13/h4-6H,1-3H3,(H3,15,16,17,18). The molecule has 94 valence electrons. The van der Waals surface area contributed by atoms with Crippen molar-refractivity contribution < 1.29 is 0 Å². The average molecular weight is 307 g/mol. The van der Waals surface area contributed by atoms with Gasteiger partial charge in [0.25, 0.3) is 0 Å². The third kappa shape index (κ3) is 2.46. The predicted molar refractivity (Wildman–Crippen MR) is 78.1 cm³/mol. The van der Waals surface area contributed by atoms with E-state index in [1.165, 1.54) is 0 Å². The first-order chi connectivity index (χ1) is 8.49. The Bertz CT molecular complexity index is 596. The summed E-state index contributed by atoms with van der Waals surface area (Å²) < 4.78 is 1.06. The zero-order valence-corrected chi connectivity index (χ0v) is 12.2. The van der Waals surface area contributed by atoms with Crippen molar-refractivity contribution in [2.24, 2.45) is 0 Å². The van der Waals surface area contributed by atoms with Gasteiger partial charge in [0.15, 0.2) is 0 Å². The quantitative estimate of drug-likeness (QED) is 0.891. The summed E-state index contributed by atoms with van der Waals surface area (Å²) in [6.07, 6.45) is 0. The van der Waals surface area contributed by atoms with E-state index < -0.39 is 0 Å². The van der Waals surface area contributed by atoms with Crippen molar-refractivity contribution in [3.63, 3.8) is 0 Å². The lowest BCUT2D eigenvalue weighted by Gasteiger charge is -2.13. The average Bonchev–Trinajstić information content (AvgIpc) is 2.31. The number of rotatable bonds is 2. The van der Waals surface area contributed by atoms with Gasteiger partial charge in [-0.1, -0.05) is 22.0 Å². The third-order valence-electron chi connectivity index (χ3n) is 2.82. The van der Waals surface area contributed by atoms with Gasteiger partial charge >= 0.3 is 0 Å². The van der Waals surface area contributed by atoms with Gasteiger partial charge in [-0.05, 0) is 38.5 Å². The molecular formula is C13H15BrN4. The van der Waals surface area contributed by atoms with E-state index in [0.717, 1.165) is 27.1 Å². The van der Waals surface area contributed by atoms with E-state index in [4.69, 9.17) is 5.73 Å². The molecule has 1 heterocycles. The van der Waals surface area contributed by atoms with Crippen LogP contribution in [0.4, 0.5) is 17.3 Å². The fraction of sp³-hybridized carbons (Fsp3) is 0.231. The molecule has 0 fully saturated rings. The Morgan fingerprint density at radius 1 is 1.11 bits per heavy atom. The van der Waals surface area contributed by atoms with Crippen LogP contribution in [0.25, 0.3) is 0 Å². The molecule has 2 aromatic rings. The molecule has 1 aromatic heterocycles. The van der Waals surface area contributed by atoms with Gasteiger partial charge in [-0.3, -0.25) is 0 Å². The predicted octanol–water partition coefficient (Wildman–Crippen LogP) is 3.49. The molecule has 0 radical (unpaired) electrons. The van der Waals surface area contributed by atoms with Crippen LogP contribution in [-0.4, -0.2) is 9.97 Å². The van der Waals surface area contributed by atoms with Crippen molar-refractivity contribution in [2.75, 3.05) is 11.1 Å². The van der Waals surface area contributed by atoms with Gasteiger partial charge in [-0.15, -0.1) is 0 Å². The number of halogens is 1. The number of nitrogen functional groups attached to an aromatic ring is 1. The first kappa shape index (κ1) is 12.8. The second-order valence-corrected chi connectivity index (χ2v) is 5.02. The van der Waals surface area contributed by atoms with E-state index in [2.05, 4.69) is 31.2 Å². The normalized spacial score (nSPS) is 10.4. The van der Waals surface area contributed by atoms with Crippen molar-refractivity contribution in [3.8, 4) is 0 Å². The topological polar surface area (TPSA) is 63.8 Å². The Balaban J connectivity index is 2.43. The van der Waals surface area contributed by atoms with E-state index >= 15 is 0 Å². The molecule has 2 rings (SSSR count). The minimum absolute atomic E-state index is 0.512. The van der Waals surface area contributed by atoms with Gasteiger partial charge in [0.1, 0.15) is 17.5 Å². The molecule has 3 N–H and O–H groups in total. The molecule has 4 nitrogen and oxygen atoms in total. The van der Waals surface area contributed by atoms with Crippen LogP contribution in [-0.2, 0) is 0 Å². The summed E-state index contributed by atoms with van der Waals surface area (Å²) in [5.74, 6) is 1.92. The number of aryl methyl sites for hydroxylation is 1. The number of nitrogens with two attached hydrogens (primary N) is 1. The zero-order chi connectivity index (χ0) is 13.3. The maximum Gasteiger partial charge on any atom is 0.139 e.